The lowest BCUT2D eigenvalue weighted by molar-refractivity contribution is -0.113. The van der Waals surface area contributed by atoms with E-state index in [-0.39, 0.29) is 11.5 Å². The fourth-order valence-corrected chi connectivity index (χ4v) is 4.97. The number of rotatable bonds is 4. The summed E-state index contributed by atoms with van der Waals surface area (Å²) < 4.78 is 7.74. The van der Waals surface area contributed by atoms with E-state index >= 15 is 0 Å². The number of fused-ring (bicyclic) bond motifs is 1. The highest BCUT2D eigenvalue weighted by Crippen LogP contribution is 2.30. The van der Waals surface area contributed by atoms with E-state index in [1.807, 2.05) is 86.6 Å². The fourth-order valence-electron chi connectivity index (χ4n) is 3.94. The Labute approximate surface area is 193 Å². The molecule has 6 nitrogen and oxygen atoms in total. The quantitative estimate of drug-likeness (QED) is 0.509. The molecule has 0 radical (unpaired) electrons. The molecule has 5 rings (SSSR count). The van der Waals surface area contributed by atoms with Gasteiger partial charge in [-0.25, -0.2) is 4.99 Å². The van der Waals surface area contributed by atoms with Gasteiger partial charge in [0.1, 0.15) is 11.5 Å². The highest BCUT2D eigenvalue weighted by Gasteiger charge is 2.32. The number of furan rings is 1. The molecule has 1 aliphatic heterocycles. The van der Waals surface area contributed by atoms with E-state index in [9.17, 15) is 9.59 Å². The molecule has 0 saturated heterocycles. The predicted molar refractivity (Wildman–Crippen MR) is 129 cm³/mol. The average molecular weight is 456 g/mol. The Hall–Kier alpha value is -3.97. The van der Waals surface area contributed by atoms with Crippen LogP contribution in [0.5, 0.6) is 0 Å². The van der Waals surface area contributed by atoms with Crippen molar-refractivity contribution in [1.29, 1.82) is 0 Å². The fraction of sp³-hybridized carbons (Fsp3) is 0.115. The van der Waals surface area contributed by atoms with Crippen LogP contribution in [0.4, 0.5) is 5.69 Å². The largest absolute Gasteiger partial charge is 0.462 e. The Morgan fingerprint density at radius 1 is 1.03 bits per heavy atom. The monoisotopic (exact) mass is 455 g/mol. The molecule has 0 bridgehead atoms. The second-order valence-electron chi connectivity index (χ2n) is 7.76. The maximum atomic E-state index is 13.5. The first kappa shape index (κ1) is 20.9. The third-order valence-electron chi connectivity index (χ3n) is 5.45. The topological polar surface area (TPSA) is 76.6 Å². The third-order valence-corrected chi connectivity index (χ3v) is 6.43. The van der Waals surface area contributed by atoms with E-state index in [2.05, 4.69) is 10.3 Å². The number of thiazole rings is 1. The predicted octanol–water partition coefficient (Wildman–Crippen LogP) is 3.78. The van der Waals surface area contributed by atoms with E-state index in [1.54, 1.807) is 10.6 Å². The number of nitrogens with one attached hydrogen (secondary N) is 1. The van der Waals surface area contributed by atoms with Crippen molar-refractivity contribution in [3.8, 4) is 0 Å². The van der Waals surface area contributed by atoms with Gasteiger partial charge in [-0.15, -0.1) is 0 Å². The van der Waals surface area contributed by atoms with Crippen LogP contribution < -0.4 is 20.2 Å². The Kier molecular flexibility index (Phi) is 5.40. The van der Waals surface area contributed by atoms with Gasteiger partial charge in [0.15, 0.2) is 4.80 Å². The number of anilines is 1. The van der Waals surface area contributed by atoms with E-state index in [1.165, 1.54) is 11.3 Å². The summed E-state index contributed by atoms with van der Waals surface area (Å²) in [4.78, 5) is 32.1. The van der Waals surface area contributed by atoms with Crippen LogP contribution in [0.15, 0.2) is 98.3 Å². The number of nitrogens with zero attached hydrogens (tertiary/aromatic N) is 2. The molecule has 0 aliphatic carbocycles. The lowest BCUT2D eigenvalue weighted by atomic mass is 9.95. The first-order valence-corrected chi connectivity index (χ1v) is 11.3. The van der Waals surface area contributed by atoms with Gasteiger partial charge in [0.05, 0.1) is 21.8 Å². The van der Waals surface area contributed by atoms with Crippen molar-refractivity contribution in [1.82, 2.24) is 4.57 Å². The molecule has 1 aliphatic rings. The van der Waals surface area contributed by atoms with E-state index in [0.717, 1.165) is 11.3 Å². The molecule has 2 aromatic carbocycles. The zero-order valence-corrected chi connectivity index (χ0v) is 18.9. The first-order valence-electron chi connectivity index (χ1n) is 10.5. The maximum Gasteiger partial charge on any atom is 0.271 e. The van der Waals surface area contributed by atoms with Gasteiger partial charge in [0.2, 0.25) is 0 Å². The molecule has 1 amide bonds. The first-order chi connectivity index (χ1) is 16.0. The van der Waals surface area contributed by atoms with Crippen LogP contribution in [0, 0.1) is 6.92 Å². The van der Waals surface area contributed by atoms with Crippen LogP contribution in [0.1, 0.15) is 30.0 Å². The van der Waals surface area contributed by atoms with Gasteiger partial charge in [-0.3, -0.25) is 14.2 Å². The smallest absolute Gasteiger partial charge is 0.271 e. The molecule has 0 fully saturated rings. The van der Waals surface area contributed by atoms with Crippen molar-refractivity contribution < 1.29 is 9.21 Å². The number of aryl methyl sites for hydroxylation is 1. The van der Waals surface area contributed by atoms with Crippen LogP contribution in [-0.2, 0) is 4.79 Å². The van der Waals surface area contributed by atoms with Crippen molar-refractivity contribution in [2.75, 3.05) is 5.32 Å². The molecular weight excluding hydrogens is 434 g/mol. The number of amides is 1. The molecule has 7 heteroatoms. The Balaban J connectivity index is 1.67. The highest BCUT2D eigenvalue weighted by molar-refractivity contribution is 7.07. The molecular formula is C26H21N3O3S. The Bertz CT molecular complexity index is 1540. The van der Waals surface area contributed by atoms with Gasteiger partial charge in [0.25, 0.3) is 11.5 Å². The van der Waals surface area contributed by atoms with Crippen molar-refractivity contribution in [2.45, 2.75) is 19.9 Å². The second-order valence-corrected chi connectivity index (χ2v) is 8.77. The van der Waals surface area contributed by atoms with Crippen molar-refractivity contribution >= 4 is 29.0 Å². The zero-order chi connectivity index (χ0) is 22.9. The van der Waals surface area contributed by atoms with Crippen LogP contribution >= 0.6 is 11.3 Å². The summed E-state index contributed by atoms with van der Waals surface area (Å²) in [5.41, 5.74) is 2.34. The number of carbonyl (C=O) groups excluding carboxylic acids is 1. The SMILES string of the molecule is CC1=C(C(=O)Nc2ccccc2)C(c2ccccc2)n2c(sc(=Cc3ccc(C)o3)c2=O)=N1. The van der Waals surface area contributed by atoms with Crippen molar-refractivity contribution in [3.05, 3.63) is 121 Å². The minimum Gasteiger partial charge on any atom is -0.462 e. The van der Waals surface area contributed by atoms with Crippen molar-refractivity contribution in [3.63, 3.8) is 0 Å². The number of aromatic nitrogens is 1. The molecule has 33 heavy (non-hydrogen) atoms. The van der Waals surface area contributed by atoms with Crippen LogP contribution in [0.25, 0.3) is 6.08 Å². The standard InChI is InChI=1S/C26H21N3O3S/c1-16-13-14-20(32-16)15-21-25(31)29-23(18-9-5-3-6-10-18)22(17(2)27-26(29)33-21)24(30)28-19-11-7-4-8-12-19/h3-15,23H,1-2H3,(H,28,30). The zero-order valence-electron chi connectivity index (χ0n) is 18.1. The summed E-state index contributed by atoms with van der Waals surface area (Å²) in [5, 5.41) is 2.95. The molecule has 1 atom stereocenters. The van der Waals surface area contributed by atoms with Crippen molar-refractivity contribution in [2.24, 2.45) is 4.99 Å². The maximum absolute atomic E-state index is 13.5. The van der Waals surface area contributed by atoms with Gasteiger partial charge < -0.3 is 9.73 Å². The summed E-state index contributed by atoms with van der Waals surface area (Å²) >= 11 is 1.29. The van der Waals surface area contributed by atoms with Crippen LogP contribution in [0.2, 0.25) is 0 Å². The molecule has 2 aromatic heterocycles. The normalized spacial score (nSPS) is 15.8. The lowest BCUT2D eigenvalue weighted by Crippen LogP contribution is -2.40. The summed E-state index contributed by atoms with van der Waals surface area (Å²) in [6.45, 7) is 3.66. The number of hydrogen-bond acceptors (Lipinski definition) is 5. The van der Waals surface area contributed by atoms with E-state index in [4.69, 9.17) is 4.42 Å². The van der Waals surface area contributed by atoms with Gasteiger partial charge in [0, 0.05) is 11.8 Å². The van der Waals surface area contributed by atoms with E-state index < -0.39 is 6.04 Å². The van der Waals surface area contributed by atoms with E-state index in [0.29, 0.717) is 32.1 Å². The van der Waals surface area contributed by atoms with Crippen LogP contribution in [-0.4, -0.2) is 10.5 Å². The average Bonchev–Trinajstić information content (AvgIpc) is 3.36. The third kappa shape index (κ3) is 3.99. The van der Waals surface area contributed by atoms with Gasteiger partial charge >= 0.3 is 0 Å². The molecule has 4 aromatic rings. The van der Waals surface area contributed by atoms with Gasteiger partial charge in [-0.1, -0.05) is 59.9 Å². The summed E-state index contributed by atoms with van der Waals surface area (Å²) in [5.74, 6) is 1.09. The van der Waals surface area contributed by atoms with Gasteiger partial charge in [-0.05, 0) is 43.7 Å². The number of carbonyl (C=O) groups is 1. The number of allylic oxidation sites excluding steroid dienone is 1. The molecule has 1 unspecified atom stereocenters. The summed E-state index contributed by atoms with van der Waals surface area (Å²) in [7, 11) is 0. The lowest BCUT2D eigenvalue weighted by Gasteiger charge is -2.25. The summed E-state index contributed by atoms with van der Waals surface area (Å²) in [6.07, 6.45) is 1.72. The number of hydrogen-bond donors (Lipinski definition) is 1. The molecule has 1 N–H and O–H groups in total. The molecule has 0 saturated carbocycles. The summed E-state index contributed by atoms with van der Waals surface area (Å²) in [6, 6.07) is 21.9. The second kappa shape index (κ2) is 8.52. The minimum absolute atomic E-state index is 0.209. The van der Waals surface area contributed by atoms with Gasteiger partial charge in [-0.2, -0.15) is 0 Å². The minimum atomic E-state index is -0.591. The highest BCUT2D eigenvalue weighted by atomic mass is 32.1. The molecule has 3 heterocycles. The molecule has 164 valence electrons. The molecule has 0 spiro atoms. The Morgan fingerprint density at radius 3 is 2.39 bits per heavy atom. The number of para-hydroxylation sites is 1. The van der Waals surface area contributed by atoms with Crippen LogP contribution in [0.3, 0.4) is 0 Å². The number of benzene rings is 2. The Morgan fingerprint density at radius 2 is 1.73 bits per heavy atom.